The summed E-state index contributed by atoms with van der Waals surface area (Å²) in [7, 11) is 3.63. The van der Waals surface area contributed by atoms with Gasteiger partial charge in [0.25, 0.3) is 0 Å². The van der Waals surface area contributed by atoms with E-state index in [0.29, 0.717) is 0 Å². The quantitative estimate of drug-likeness (QED) is 0.728. The largest absolute Gasteiger partial charge is 0.385 e. The molecule has 0 aliphatic heterocycles. The SMILES string of the molecule is CNc1snnc1CSCCCOC. The van der Waals surface area contributed by atoms with Crippen molar-refractivity contribution in [1.82, 2.24) is 9.59 Å². The van der Waals surface area contributed by atoms with Crippen LogP contribution in [0.2, 0.25) is 0 Å². The van der Waals surface area contributed by atoms with Crippen molar-refractivity contribution in [2.45, 2.75) is 12.2 Å². The Balaban J connectivity index is 2.17. The van der Waals surface area contributed by atoms with Crippen molar-refractivity contribution in [3.05, 3.63) is 5.69 Å². The number of ether oxygens (including phenoxy) is 1. The molecule has 0 atom stereocenters. The van der Waals surface area contributed by atoms with E-state index < -0.39 is 0 Å². The van der Waals surface area contributed by atoms with E-state index in [4.69, 9.17) is 4.74 Å². The van der Waals surface area contributed by atoms with Gasteiger partial charge in [0.05, 0.1) is 0 Å². The molecule has 0 spiro atoms. The lowest BCUT2D eigenvalue weighted by molar-refractivity contribution is 0.200. The summed E-state index contributed by atoms with van der Waals surface area (Å²) in [6, 6.07) is 0. The molecule has 0 saturated heterocycles. The normalized spacial score (nSPS) is 10.4. The van der Waals surface area contributed by atoms with Crippen LogP contribution in [0.4, 0.5) is 5.00 Å². The van der Waals surface area contributed by atoms with Gasteiger partial charge in [-0.1, -0.05) is 4.49 Å². The van der Waals surface area contributed by atoms with Gasteiger partial charge in [-0.05, 0) is 12.2 Å². The zero-order valence-electron chi connectivity index (χ0n) is 8.45. The number of thioether (sulfide) groups is 1. The number of hydrogen-bond acceptors (Lipinski definition) is 6. The predicted molar refractivity (Wildman–Crippen MR) is 62.1 cm³/mol. The minimum absolute atomic E-state index is 0.835. The summed E-state index contributed by atoms with van der Waals surface area (Å²) in [6.45, 7) is 0.835. The van der Waals surface area contributed by atoms with E-state index in [1.54, 1.807) is 7.11 Å². The first kappa shape index (κ1) is 11.7. The third-order valence-corrected chi connectivity index (χ3v) is 3.50. The lowest BCUT2D eigenvalue weighted by Crippen LogP contribution is -1.93. The van der Waals surface area contributed by atoms with Gasteiger partial charge in [-0.25, -0.2) is 0 Å². The molecular weight excluding hydrogens is 218 g/mol. The lowest BCUT2D eigenvalue weighted by atomic mass is 10.5. The molecular formula is C8H15N3OS2. The fourth-order valence-electron chi connectivity index (χ4n) is 0.967. The molecule has 0 aliphatic carbocycles. The summed E-state index contributed by atoms with van der Waals surface area (Å²) >= 11 is 3.27. The van der Waals surface area contributed by atoms with Gasteiger partial charge in [0.15, 0.2) is 0 Å². The van der Waals surface area contributed by atoms with Crippen molar-refractivity contribution in [1.29, 1.82) is 0 Å². The molecule has 1 aromatic rings. The van der Waals surface area contributed by atoms with Crippen LogP contribution in [-0.4, -0.2) is 36.1 Å². The Morgan fingerprint density at radius 1 is 1.57 bits per heavy atom. The van der Waals surface area contributed by atoms with E-state index >= 15 is 0 Å². The molecule has 1 heterocycles. The highest BCUT2D eigenvalue weighted by molar-refractivity contribution is 7.98. The molecule has 0 fully saturated rings. The maximum atomic E-state index is 4.97. The molecule has 80 valence electrons. The molecule has 0 unspecified atom stereocenters. The maximum Gasteiger partial charge on any atom is 0.133 e. The molecule has 0 saturated carbocycles. The number of hydrogen-bond donors (Lipinski definition) is 1. The molecule has 1 N–H and O–H groups in total. The highest BCUT2D eigenvalue weighted by Crippen LogP contribution is 2.21. The van der Waals surface area contributed by atoms with Gasteiger partial charge in [-0.2, -0.15) is 11.8 Å². The first-order chi connectivity index (χ1) is 6.88. The smallest absolute Gasteiger partial charge is 0.133 e. The van der Waals surface area contributed by atoms with Crippen LogP contribution in [-0.2, 0) is 10.5 Å². The number of rotatable bonds is 7. The predicted octanol–water partition coefficient (Wildman–Crippen LogP) is 1.85. The average Bonchev–Trinajstić information content (AvgIpc) is 2.65. The van der Waals surface area contributed by atoms with Crippen LogP contribution in [0.15, 0.2) is 0 Å². The number of anilines is 1. The van der Waals surface area contributed by atoms with E-state index in [0.717, 1.165) is 35.2 Å². The highest BCUT2D eigenvalue weighted by Gasteiger charge is 2.05. The van der Waals surface area contributed by atoms with E-state index in [2.05, 4.69) is 14.9 Å². The standard InChI is InChI=1S/C8H15N3OS2/c1-9-8-7(10-11-14-8)6-13-5-3-4-12-2/h9H,3-6H2,1-2H3. The molecule has 6 heteroatoms. The average molecular weight is 233 g/mol. The van der Waals surface area contributed by atoms with Gasteiger partial charge >= 0.3 is 0 Å². The van der Waals surface area contributed by atoms with Crippen molar-refractivity contribution in [2.24, 2.45) is 0 Å². The second kappa shape index (κ2) is 7.03. The maximum absolute atomic E-state index is 4.97. The summed E-state index contributed by atoms with van der Waals surface area (Å²) in [5, 5.41) is 8.22. The fourth-order valence-corrected chi connectivity index (χ4v) is 2.45. The summed E-state index contributed by atoms with van der Waals surface area (Å²) in [4.78, 5) is 0. The first-order valence-corrected chi connectivity index (χ1v) is 6.37. The zero-order chi connectivity index (χ0) is 10.2. The zero-order valence-corrected chi connectivity index (χ0v) is 10.1. The van der Waals surface area contributed by atoms with Crippen molar-refractivity contribution in [2.75, 3.05) is 31.8 Å². The van der Waals surface area contributed by atoms with E-state index in [-0.39, 0.29) is 0 Å². The monoisotopic (exact) mass is 233 g/mol. The first-order valence-electron chi connectivity index (χ1n) is 4.44. The van der Waals surface area contributed by atoms with Gasteiger partial charge in [0.1, 0.15) is 10.7 Å². The van der Waals surface area contributed by atoms with Crippen LogP contribution >= 0.6 is 23.3 Å². The van der Waals surface area contributed by atoms with Crippen molar-refractivity contribution in [3.63, 3.8) is 0 Å². The molecule has 0 bridgehead atoms. The van der Waals surface area contributed by atoms with E-state index in [1.807, 2.05) is 18.8 Å². The number of nitrogens with one attached hydrogen (secondary N) is 1. The minimum Gasteiger partial charge on any atom is -0.385 e. The van der Waals surface area contributed by atoms with Crippen LogP contribution < -0.4 is 5.32 Å². The van der Waals surface area contributed by atoms with Crippen LogP contribution in [0.1, 0.15) is 12.1 Å². The molecule has 14 heavy (non-hydrogen) atoms. The molecule has 0 amide bonds. The van der Waals surface area contributed by atoms with Gasteiger partial charge in [0, 0.05) is 38.0 Å². The Bertz CT molecular complexity index is 254. The number of methoxy groups -OCH3 is 1. The van der Waals surface area contributed by atoms with Crippen molar-refractivity contribution >= 4 is 28.3 Å². The molecule has 4 nitrogen and oxygen atoms in total. The van der Waals surface area contributed by atoms with Gasteiger partial charge in [-0.3, -0.25) is 0 Å². The highest BCUT2D eigenvalue weighted by atomic mass is 32.2. The van der Waals surface area contributed by atoms with Gasteiger partial charge in [-0.15, -0.1) is 5.10 Å². The Labute approximate surface area is 92.6 Å². The molecule has 0 radical (unpaired) electrons. The van der Waals surface area contributed by atoms with Gasteiger partial charge < -0.3 is 10.1 Å². The summed E-state index contributed by atoms with van der Waals surface area (Å²) in [5.41, 5.74) is 1.06. The Hall–Kier alpha value is -0.330. The van der Waals surface area contributed by atoms with Gasteiger partial charge in [0.2, 0.25) is 0 Å². The second-order valence-corrected chi connectivity index (χ2v) is 4.56. The minimum atomic E-state index is 0.835. The summed E-state index contributed by atoms with van der Waals surface area (Å²) < 4.78 is 8.87. The lowest BCUT2D eigenvalue weighted by Gasteiger charge is -2.00. The second-order valence-electron chi connectivity index (χ2n) is 2.70. The number of nitrogens with zero attached hydrogens (tertiary/aromatic N) is 2. The Morgan fingerprint density at radius 2 is 2.43 bits per heavy atom. The van der Waals surface area contributed by atoms with Crippen LogP contribution in [0.5, 0.6) is 0 Å². The van der Waals surface area contributed by atoms with E-state index in [9.17, 15) is 0 Å². The van der Waals surface area contributed by atoms with Crippen molar-refractivity contribution < 1.29 is 4.74 Å². The topological polar surface area (TPSA) is 47.0 Å². The Morgan fingerprint density at radius 3 is 3.14 bits per heavy atom. The summed E-state index contributed by atoms with van der Waals surface area (Å²) in [5.74, 6) is 2.03. The molecule has 0 aliphatic rings. The molecule has 1 rings (SSSR count). The van der Waals surface area contributed by atoms with E-state index in [1.165, 1.54) is 11.5 Å². The Kier molecular flexibility index (Phi) is 5.89. The third kappa shape index (κ3) is 3.81. The molecule has 0 aromatic carbocycles. The van der Waals surface area contributed by atoms with Crippen LogP contribution in [0, 0.1) is 0 Å². The third-order valence-electron chi connectivity index (χ3n) is 1.66. The fraction of sp³-hybridized carbons (Fsp3) is 0.750. The number of aromatic nitrogens is 2. The van der Waals surface area contributed by atoms with Crippen LogP contribution in [0.3, 0.4) is 0 Å². The molecule has 1 aromatic heterocycles. The van der Waals surface area contributed by atoms with Crippen molar-refractivity contribution in [3.8, 4) is 0 Å². The van der Waals surface area contributed by atoms with Crippen LogP contribution in [0.25, 0.3) is 0 Å². The summed E-state index contributed by atoms with van der Waals surface area (Å²) in [6.07, 6.45) is 1.09.